The number of aryl methyl sites for hydroxylation is 1. The Morgan fingerprint density at radius 2 is 2.20 bits per heavy atom. The van der Waals surface area contributed by atoms with Crippen LogP contribution in [-0.4, -0.2) is 25.6 Å². The van der Waals surface area contributed by atoms with Crippen molar-refractivity contribution in [3.63, 3.8) is 0 Å². The lowest BCUT2D eigenvalue weighted by Gasteiger charge is -2.11. The van der Waals surface area contributed by atoms with Crippen LogP contribution in [0.15, 0.2) is 30.7 Å². The van der Waals surface area contributed by atoms with E-state index in [9.17, 15) is 4.79 Å². The maximum Gasteiger partial charge on any atom is 0.335 e. The van der Waals surface area contributed by atoms with Crippen molar-refractivity contribution < 1.29 is 9.90 Å². The van der Waals surface area contributed by atoms with E-state index in [1.165, 1.54) is 0 Å². The summed E-state index contributed by atoms with van der Waals surface area (Å²) in [7, 11) is 0. The van der Waals surface area contributed by atoms with Crippen LogP contribution in [0.2, 0.25) is 0 Å². The van der Waals surface area contributed by atoms with Crippen LogP contribution in [0.1, 0.15) is 33.2 Å². The molecule has 0 aliphatic carbocycles. The van der Waals surface area contributed by atoms with Crippen molar-refractivity contribution in [1.29, 1.82) is 0 Å². The summed E-state index contributed by atoms with van der Waals surface area (Å²) in [5.74, 6) is -0.933. The van der Waals surface area contributed by atoms with Crippen LogP contribution in [0.4, 0.5) is 0 Å². The number of nitrogens with zero attached hydrogens (tertiary/aromatic N) is 3. The molecule has 1 atom stereocenters. The van der Waals surface area contributed by atoms with E-state index in [2.05, 4.69) is 9.97 Å². The number of carboxylic acids is 1. The molecule has 0 radical (unpaired) electrons. The van der Waals surface area contributed by atoms with Crippen molar-refractivity contribution in [3.8, 4) is 0 Å². The first-order valence-corrected chi connectivity index (χ1v) is 7.00. The Labute approximate surface area is 119 Å². The topological polar surface area (TPSA) is 68.0 Å². The van der Waals surface area contributed by atoms with Crippen molar-refractivity contribution in [1.82, 2.24) is 14.5 Å². The number of carboxylic acid groups (broad SMARTS) is 1. The van der Waals surface area contributed by atoms with Crippen LogP contribution in [0.3, 0.4) is 0 Å². The summed E-state index contributed by atoms with van der Waals surface area (Å²) in [5.41, 5.74) is 1.86. The fourth-order valence-corrected chi connectivity index (χ4v) is 2.98. The average Bonchev–Trinajstić information content (AvgIpc) is 3.03. The SMILES string of the molecule is Cc1cnc(C(C)n2cnc3ccc(C(=O)O)cc32)s1. The summed E-state index contributed by atoms with van der Waals surface area (Å²) in [5, 5.41) is 10.1. The second kappa shape index (κ2) is 4.72. The van der Waals surface area contributed by atoms with Gasteiger partial charge >= 0.3 is 5.97 Å². The van der Waals surface area contributed by atoms with E-state index in [0.717, 1.165) is 20.9 Å². The number of carbonyl (C=O) groups is 1. The van der Waals surface area contributed by atoms with Crippen molar-refractivity contribution in [2.45, 2.75) is 19.9 Å². The molecule has 102 valence electrons. The van der Waals surface area contributed by atoms with Crippen LogP contribution < -0.4 is 0 Å². The molecule has 0 bridgehead atoms. The van der Waals surface area contributed by atoms with Gasteiger partial charge in [-0.3, -0.25) is 0 Å². The molecular weight excluding hydrogens is 274 g/mol. The summed E-state index contributed by atoms with van der Waals surface area (Å²) in [6, 6.07) is 4.99. The molecule has 5 nitrogen and oxygen atoms in total. The molecule has 0 aliphatic heterocycles. The fraction of sp³-hybridized carbons (Fsp3) is 0.214. The number of hydrogen-bond donors (Lipinski definition) is 1. The molecule has 0 saturated heterocycles. The van der Waals surface area contributed by atoms with Gasteiger partial charge in [0.1, 0.15) is 5.01 Å². The number of hydrogen-bond acceptors (Lipinski definition) is 4. The average molecular weight is 287 g/mol. The largest absolute Gasteiger partial charge is 0.478 e. The number of aromatic carboxylic acids is 1. The molecule has 3 aromatic rings. The molecule has 3 rings (SSSR count). The predicted octanol–water partition coefficient (Wildman–Crippen LogP) is 3.11. The quantitative estimate of drug-likeness (QED) is 0.803. The molecule has 6 heteroatoms. The molecule has 0 aliphatic rings. The fourth-order valence-electron chi connectivity index (χ4n) is 2.15. The van der Waals surface area contributed by atoms with Crippen molar-refractivity contribution in [2.24, 2.45) is 0 Å². The Morgan fingerprint density at radius 3 is 2.85 bits per heavy atom. The third kappa shape index (κ3) is 2.08. The molecule has 1 N–H and O–H groups in total. The zero-order chi connectivity index (χ0) is 14.3. The first kappa shape index (κ1) is 12.8. The van der Waals surface area contributed by atoms with Crippen LogP contribution in [-0.2, 0) is 0 Å². The van der Waals surface area contributed by atoms with E-state index < -0.39 is 5.97 Å². The number of imidazole rings is 1. The van der Waals surface area contributed by atoms with Crippen LogP contribution >= 0.6 is 11.3 Å². The lowest BCUT2D eigenvalue weighted by molar-refractivity contribution is 0.0697. The number of thiazole rings is 1. The summed E-state index contributed by atoms with van der Waals surface area (Å²) < 4.78 is 1.96. The number of benzene rings is 1. The van der Waals surface area contributed by atoms with Crippen molar-refractivity contribution in [2.75, 3.05) is 0 Å². The molecule has 20 heavy (non-hydrogen) atoms. The van der Waals surface area contributed by atoms with Gasteiger partial charge in [-0.1, -0.05) is 0 Å². The standard InChI is InChI=1S/C14H13N3O2S/c1-8-6-15-13(20-8)9(2)17-7-16-11-4-3-10(14(18)19)5-12(11)17/h3-7,9H,1-2H3,(H,18,19). The smallest absolute Gasteiger partial charge is 0.335 e. The van der Waals surface area contributed by atoms with Gasteiger partial charge in [-0.2, -0.15) is 0 Å². The predicted molar refractivity (Wildman–Crippen MR) is 77.4 cm³/mol. The minimum atomic E-state index is -0.933. The Bertz CT molecular complexity index is 791. The number of fused-ring (bicyclic) bond motifs is 1. The summed E-state index contributed by atoms with van der Waals surface area (Å²) in [6.07, 6.45) is 3.58. The lowest BCUT2D eigenvalue weighted by atomic mass is 10.2. The third-order valence-electron chi connectivity index (χ3n) is 3.24. The van der Waals surface area contributed by atoms with Gasteiger partial charge in [0.2, 0.25) is 0 Å². The number of aromatic nitrogens is 3. The first-order chi connectivity index (χ1) is 9.56. The second-order valence-electron chi connectivity index (χ2n) is 4.65. The second-order valence-corrected chi connectivity index (χ2v) is 5.91. The van der Waals surface area contributed by atoms with Gasteiger partial charge in [-0.25, -0.2) is 14.8 Å². The Balaban J connectivity index is 2.11. The Hall–Kier alpha value is -2.21. The monoisotopic (exact) mass is 287 g/mol. The molecule has 1 aromatic carbocycles. The molecule has 1 unspecified atom stereocenters. The minimum absolute atomic E-state index is 0.0303. The van der Waals surface area contributed by atoms with E-state index in [1.54, 1.807) is 35.9 Å². The van der Waals surface area contributed by atoms with E-state index >= 15 is 0 Å². The van der Waals surface area contributed by atoms with Crippen LogP contribution in [0.25, 0.3) is 11.0 Å². The molecule has 2 heterocycles. The summed E-state index contributed by atoms with van der Waals surface area (Å²) >= 11 is 1.64. The molecule has 0 saturated carbocycles. The van der Waals surface area contributed by atoms with Crippen LogP contribution in [0.5, 0.6) is 0 Å². The van der Waals surface area contributed by atoms with Crippen molar-refractivity contribution >= 4 is 28.3 Å². The Kier molecular flexibility index (Phi) is 3.02. The van der Waals surface area contributed by atoms with Gasteiger partial charge < -0.3 is 9.67 Å². The van der Waals surface area contributed by atoms with Gasteiger partial charge in [-0.15, -0.1) is 11.3 Å². The summed E-state index contributed by atoms with van der Waals surface area (Å²) in [4.78, 5) is 20.9. The first-order valence-electron chi connectivity index (χ1n) is 6.18. The maximum atomic E-state index is 11.1. The molecule has 0 fully saturated rings. The highest BCUT2D eigenvalue weighted by Gasteiger charge is 2.15. The number of rotatable bonds is 3. The van der Waals surface area contributed by atoms with E-state index in [1.807, 2.05) is 24.6 Å². The molecule has 2 aromatic heterocycles. The van der Waals surface area contributed by atoms with E-state index in [0.29, 0.717) is 0 Å². The minimum Gasteiger partial charge on any atom is -0.478 e. The van der Waals surface area contributed by atoms with E-state index in [4.69, 9.17) is 5.11 Å². The molecule has 0 spiro atoms. The van der Waals surface area contributed by atoms with Gasteiger partial charge in [-0.05, 0) is 32.0 Å². The summed E-state index contributed by atoms with van der Waals surface area (Å²) in [6.45, 7) is 4.05. The van der Waals surface area contributed by atoms with Gasteiger partial charge in [0.15, 0.2) is 0 Å². The molecular formula is C14H13N3O2S. The Morgan fingerprint density at radius 1 is 1.40 bits per heavy atom. The van der Waals surface area contributed by atoms with Gasteiger partial charge in [0.05, 0.1) is 29.0 Å². The zero-order valence-corrected chi connectivity index (χ0v) is 11.9. The lowest BCUT2D eigenvalue weighted by Crippen LogP contribution is -2.05. The highest BCUT2D eigenvalue weighted by Crippen LogP contribution is 2.26. The zero-order valence-electron chi connectivity index (χ0n) is 11.1. The van der Waals surface area contributed by atoms with Gasteiger partial charge in [0, 0.05) is 11.1 Å². The van der Waals surface area contributed by atoms with Crippen molar-refractivity contribution in [3.05, 3.63) is 46.2 Å². The van der Waals surface area contributed by atoms with Gasteiger partial charge in [0.25, 0.3) is 0 Å². The molecule has 0 amide bonds. The van der Waals surface area contributed by atoms with Crippen LogP contribution in [0, 0.1) is 6.92 Å². The highest BCUT2D eigenvalue weighted by atomic mass is 32.1. The maximum absolute atomic E-state index is 11.1. The highest BCUT2D eigenvalue weighted by molar-refractivity contribution is 7.11. The third-order valence-corrected chi connectivity index (χ3v) is 4.32. The normalized spacial score (nSPS) is 12.7. The van der Waals surface area contributed by atoms with E-state index in [-0.39, 0.29) is 11.6 Å².